The highest BCUT2D eigenvalue weighted by atomic mass is 79.9. The normalized spacial score (nSPS) is 18.2. The Morgan fingerprint density at radius 3 is 2.72 bits per heavy atom. The highest BCUT2D eigenvalue weighted by Crippen LogP contribution is 2.36. The minimum absolute atomic E-state index is 0.412. The lowest BCUT2D eigenvalue weighted by Gasteiger charge is -2.16. The highest BCUT2D eigenvalue weighted by molar-refractivity contribution is 9.10. The average Bonchev–Trinajstić information content (AvgIpc) is 2.82. The molecule has 1 N–H and O–H groups in total. The molecule has 1 aliphatic carbocycles. The Hall–Kier alpha value is 0.01000. The fourth-order valence-electron chi connectivity index (χ4n) is 2.55. The molecule has 3 heteroatoms. The van der Waals surface area contributed by atoms with Crippen molar-refractivity contribution < 1.29 is 0 Å². The molecule has 1 aromatic rings. The number of hydrogen-bond acceptors (Lipinski definition) is 2. The smallest absolute Gasteiger partial charge is 0.0302 e. The van der Waals surface area contributed by atoms with Gasteiger partial charge in [0, 0.05) is 20.7 Å². The predicted octanol–water partition coefficient (Wildman–Crippen LogP) is 5.15. The molecule has 1 fully saturated rings. The second-order valence-electron chi connectivity index (χ2n) is 4.99. The first-order valence-corrected chi connectivity index (χ1v) is 8.57. The van der Waals surface area contributed by atoms with Gasteiger partial charge in [-0.05, 0) is 44.0 Å². The largest absolute Gasteiger partial charge is 0.310 e. The fraction of sp³-hybridized carbons (Fsp3) is 0.600. The van der Waals surface area contributed by atoms with Gasteiger partial charge in [-0.1, -0.05) is 41.8 Å². The van der Waals surface area contributed by atoms with Crippen molar-refractivity contribution >= 4 is 27.7 Å². The van der Waals surface area contributed by atoms with Crippen molar-refractivity contribution in [3.63, 3.8) is 0 Å². The van der Waals surface area contributed by atoms with Crippen LogP contribution in [0.25, 0.3) is 0 Å². The molecule has 0 saturated heterocycles. The lowest BCUT2D eigenvalue weighted by molar-refractivity contribution is 0.595. The number of nitrogens with one attached hydrogen (secondary N) is 1. The molecule has 1 atom stereocenters. The van der Waals surface area contributed by atoms with Crippen LogP contribution in [0.2, 0.25) is 0 Å². The third-order valence-electron chi connectivity index (χ3n) is 3.55. The summed E-state index contributed by atoms with van der Waals surface area (Å²) in [5.41, 5.74) is 1.35. The maximum absolute atomic E-state index is 3.71. The van der Waals surface area contributed by atoms with Crippen molar-refractivity contribution in [2.24, 2.45) is 0 Å². The Labute approximate surface area is 123 Å². The molecule has 1 nitrogen and oxygen atoms in total. The Morgan fingerprint density at radius 1 is 1.39 bits per heavy atom. The van der Waals surface area contributed by atoms with E-state index in [9.17, 15) is 0 Å². The van der Waals surface area contributed by atoms with Crippen LogP contribution < -0.4 is 5.32 Å². The Bertz CT molecular complexity index is 388. The van der Waals surface area contributed by atoms with Gasteiger partial charge in [0.1, 0.15) is 0 Å². The summed E-state index contributed by atoms with van der Waals surface area (Å²) in [5, 5.41) is 4.30. The van der Waals surface area contributed by atoms with Gasteiger partial charge in [-0.3, -0.25) is 0 Å². The maximum Gasteiger partial charge on any atom is 0.0302 e. The Kier molecular flexibility index (Phi) is 5.58. The van der Waals surface area contributed by atoms with Crippen LogP contribution in [0.15, 0.2) is 27.6 Å². The zero-order valence-electron chi connectivity index (χ0n) is 11.2. The van der Waals surface area contributed by atoms with Gasteiger partial charge in [0.05, 0.1) is 0 Å². The van der Waals surface area contributed by atoms with Gasteiger partial charge in [0.2, 0.25) is 0 Å². The zero-order chi connectivity index (χ0) is 13.0. The molecule has 18 heavy (non-hydrogen) atoms. The van der Waals surface area contributed by atoms with E-state index in [0.717, 1.165) is 11.8 Å². The SMILES string of the molecule is CCNC(C)c1ccc(SC2CCCC2)cc1Br. The summed E-state index contributed by atoms with van der Waals surface area (Å²) in [5.74, 6) is 0. The minimum atomic E-state index is 0.412. The first-order valence-electron chi connectivity index (χ1n) is 6.90. The molecule has 2 rings (SSSR count). The van der Waals surface area contributed by atoms with Crippen molar-refractivity contribution in [1.29, 1.82) is 0 Å². The van der Waals surface area contributed by atoms with Crippen LogP contribution >= 0.6 is 27.7 Å². The van der Waals surface area contributed by atoms with Gasteiger partial charge < -0.3 is 5.32 Å². The molecule has 1 saturated carbocycles. The molecule has 0 amide bonds. The molecule has 1 aromatic carbocycles. The second kappa shape index (κ2) is 6.97. The van der Waals surface area contributed by atoms with Crippen molar-refractivity contribution in [2.75, 3.05) is 6.54 Å². The maximum atomic E-state index is 3.71. The standard InChI is InChI=1S/C15H22BrNS/c1-3-17-11(2)14-9-8-13(10-15(14)16)18-12-6-4-5-7-12/h8-12,17H,3-7H2,1-2H3. The molecule has 100 valence electrons. The molecule has 1 aliphatic rings. The summed E-state index contributed by atoms with van der Waals surface area (Å²) in [4.78, 5) is 1.40. The summed E-state index contributed by atoms with van der Waals surface area (Å²) in [7, 11) is 0. The third-order valence-corrected chi connectivity index (χ3v) is 5.57. The Morgan fingerprint density at radius 2 is 2.11 bits per heavy atom. The number of halogens is 1. The van der Waals surface area contributed by atoms with E-state index in [1.54, 1.807) is 0 Å². The van der Waals surface area contributed by atoms with E-state index in [1.807, 2.05) is 11.8 Å². The van der Waals surface area contributed by atoms with Crippen molar-refractivity contribution in [3.05, 3.63) is 28.2 Å². The molecule has 0 heterocycles. The van der Waals surface area contributed by atoms with Gasteiger partial charge in [0.15, 0.2) is 0 Å². The zero-order valence-corrected chi connectivity index (χ0v) is 13.6. The highest BCUT2D eigenvalue weighted by Gasteiger charge is 2.17. The van der Waals surface area contributed by atoms with E-state index >= 15 is 0 Å². The van der Waals surface area contributed by atoms with Gasteiger partial charge in [0.25, 0.3) is 0 Å². The number of benzene rings is 1. The van der Waals surface area contributed by atoms with Gasteiger partial charge in [-0.2, -0.15) is 0 Å². The first kappa shape index (κ1) is 14.4. The van der Waals surface area contributed by atoms with Crippen LogP contribution in [-0.2, 0) is 0 Å². The van der Waals surface area contributed by atoms with E-state index in [0.29, 0.717) is 6.04 Å². The predicted molar refractivity (Wildman–Crippen MR) is 84.3 cm³/mol. The van der Waals surface area contributed by atoms with E-state index in [-0.39, 0.29) is 0 Å². The van der Waals surface area contributed by atoms with Gasteiger partial charge in [-0.25, -0.2) is 0 Å². The molecular weight excluding hydrogens is 306 g/mol. The van der Waals surface area contributed by atoms with E-state index < -0.39 is 0 Å². The number of thioether (sulfide) groups is 1. The van der Waals surface area contributed by atoms with Crippen molar-refractivity contribution in [1.82, 2.24) is 5.32 Å². The van der Waals surface area contributed by atoms with Crippen LogP contribution in [0.4, 0.5) is 0 Å². The van der Waals surface area contributed by atoms with Crippen molar-refractivity contribution in [3.8, 4) is 0 Å². The summed E-state index contributed by atoms with van der Waals surface area (Å²) in [6.45, 7) is 5.37. The van der Waals surface area contributed by atoms with Crippen molar-refractivity contribution in [2.45, 2.75) is 55.7 Å². The quantitative estimate of drug-likeness (QED) is 0.802. The molecule has 1 unspecified atom stereocenters. The molecule has 0 radical (unpaired) electrons. The number of rotatable bonds is 5. The summed E-state index contributed by atoms with van der Waals surface area (Å²) in [6.07, 6.45) is 5.60. The molecule has 0 spiro atoms. The second-order valence-corrected chi connectivity index (χ2v) is 7.22. The van der Waals surface area contributed by atoms with E-state index in [2.05, 4.69) is 53.3 Å². The first-order chi connectivity index (χ1) is 8.70. The molecular formula is C15H22BrNS. The van der Waals surface area contributed by atoms with E-state index in [4.69, 9.17) is 0 Å². The van der Waals surface area contributed by atoms with Crippen LogP contribution in [0.1, 0.15) is 51.1 Å². The van der Waals surface area contributed by atoms with Crippen LogP contribution in [0.5, 0.6) is 0 Å². The van der Waals surface area contributed by atoms with Crippen LogP contribution in [-0.4, -0.2) is 11.8 Å². The summed E-state index contributed by atoms with van der Waals surface area (Å²) < 4.78 is 1.24. The van der Waals surface area contributed by atoms with Crippen LogP contribution in [0, 0.1) is 0 Å². The van der Waals surface area contributed by atoms with Gasteiger partial charge in [-0.15, -0.1) is 11.8 Å². The molecule has 0 aliphatic heterocycles. The van der Waals surface area contributed by atoms with E-state index in [1.165, 1.54) is 40.6 Å². The molecule has 0 bridgehead atoms. The average molecular weight is 328 g/mol. The lowest BCUT2D eigenvalue weighted by Crippen LogP contribution is -2.18. The third kappa shape index (κ3) is 3.75. The Balaban J connectivity index is 2.04. The van der Waals surface area contributed by atoms with Crippen LogP contribution in [0.3, 0.4) is 0 Å². The summed E-state index contributed by atoms with van der Waals surface area (Å²) >= 11 is 5.76. The number of hydrogen-bond donors (Lipinski definition) is 1. The topological polar surface area (TPSA) is 12.0 Å². The fourth-order valence-corrected chi connectivity index (χ4v) is 4.71. The molecule has 0 aromatic heterocycles. The minimum Gasteiger partial charge on any atom is -0.310 e. The lowest BCUT2D eigenvalue weighted by atomic mass is 10.1. The van der Waals surface area contributed by atoms with Gasteiger partial charge >= 0.3 is 0 Å². The summed E-state index contributed by atoms with van der Waals surface area (Å²) in [6, 6.07) is 7.23. The monoisotopic (exact) mass is 327 g/mol.